The van der Waals surface area contributed by atoms with Crippen molar-refractivity contribution in [1.29, 1.82) is 0 Å². The first-order valence-electron chi connectivity index (χ1n) is 4.42. The number of ether oxygens (including phenoxy) is 1. The number of carboxylic acid groups (broad SMARTS) is 1. The number of hydrogen-bond donors (Lipinski definition) is 1. The molecule has 0 amide bonds. The Morgan fingerprint density at radius 2 is 2.12 bits per heavy atom. The van der Waals surface area contributed by atoms with Gasteiger partial charge in [0.2, 0.25) is 0 Å². The van der Waals surface area contributed by atoms with E-state index in [1.807, 2.05) is 0 Å². The van der Waals surface area contributed by atoms with Crippen LogP contribution >= 0.6 is 0 Å². The number of aromatic nitrogens is 2. The Labute approximate surface area is 90.1 Å². The lowest BCUT2D eigenvalue weighted by molar-refractivity contribution is 0.0599. The summed E-state index contributed by atoms with van der Waals surface area (Å²) < 4.78 is 6.02. The molecule has 0 bridgehead atoms. The fourth-order valence-corrected chi connectivity index (χ4v) is 1.33. The number of carbonyl (C=O) groups excluding carboxylic acids is 1. The van der Waals surface area contributed by atoms with E-state index >= 15 is 0 Å². The largest absolute Gasteiger partial charge is 0.476 e. The zero-order chi connectivity index (χ0) is 11.7. The quantitative estimate of drug-likeness (QED) is 0.757. The third-order valence-electron chi connectivity index (χ3n) is 2.09. The monoisotopic (exact) mass is 220 g/mol. The number of esters is 1. The Morgan fingerprint density at radius 1 is 1.38 bits per heavy atom. The highest BCUT2D eigenvalue weighted by Gasteiger charge is 2.11. The van der Waals surface area contributed by atoms with Crippen molar-refractivity contribution < 1.29 is 19.4 Å². The minimum absolute atomic E-state index is 0.0676. The molecule has 16 heavy (non-hydrogen) atoms. The second kappa shape index (κ2) is 3.65. The lowest BCUT2D eigenvalue weighted by Crippen LogP contribution is -2.02. The van der Waals surface area contributed by atoms with Crippen LogP contribution in [0.15, 0.2) is 24.5 Å². The van der Waals surface area contributed by atoms with E-state index < -0.39 is 11.9 Å². The number of hydrogen-bond acceptors (Lipinski definition) is 4. The molecule has 2 heterocycles. The second-order valence-electron chi connectivity index (χ2n) is 3.11. The van der Waals surface area contributed by atoms with Gasteiger partial charge in [-0.1, -0.05) is 0 Å². The molecule has 0 saturated carbocycles. The molecule has 0 aromatic carbocycles. The van der Waals surface area contributed by atoms with Crippen LogP contribution in [0.4, 0.5) is 0 Å². The van der Waals surface area contributed by atoms with Crippen molar-refractivity contribution >= 4 is 17.6 Å². The van der Waals surface area contributed by atoms with E-state index in [1.54, 1.807) is 6.07 Å². The van der Waals surface area contributed by atoms with Crippen LogP contribution in [0.25, 0.3) is 5.65 Å². The first kappa shape index (κ1) is 10.2. The molecule has 0 unspecified atom stereocenters. The van der Waals surface area contributed by atoms with Gasteiger partial charge in [0.1, 0.15) is 5.65 Å². The summed E-state index contributed by atoms with van der Waals surface area (Å²) in [5.41, 5.74) is 0.733. The Morgan fingerprint density at radius 3 is 2.75 bits per heavy atom. The van der Waals surface area contributed by atoms with Gasteiger partial charge in [-0.25, -0.2) is 14.6 Å². The summed E-state index contributed by atoms with van der Waals surface area (Å²) in [5, 5.41) is 8.74. The Kier molecular flexibility index (Phi) is 2.32. The number of methoxy groups -OCH3 is 1. The average Bonchev–Trinajstić information content (AvgIpc) is 2.70. The summed E-state index contributed by atoms with van der Waals surface area (Å²) in [6.45, 7) is 0. The number of fused-ring (bicyclic) bond motifs is 1. The lowest BCUT2D eigenvalue weighted by atomic mass is 10.3. The van der Waals surface area contributed by atoms with Gasteiger partial charge < -0.3 is 14.2 Å². The Balaban J connectivity index is 2.53. The molecule has 0 fully saturated rings. The predicted octanol–water partition coefficient (Wildman–Crippen LogP) is 0.819. The molecular weight excluding hydrogens is 212 g/mol. The van der Waals surface area contributed by atoms with Crippen LogP contribution in [0.1, 0.15) is 20.8 Å². The highest BCUT2D eigenvalue weighted by molar-refractivity contribution is 5.90. The van der Waals surface area contributed by atoms with Gasteiger partial charge in [0.25, 0.3) is 0 Å². The van der Waals surface area contributed by atoms with Crippen LogP contribution in [0.2, 0.25) is 0 Å². The van der Waals surface area contributed by atoms with Gasteiger partial charge in [-0.3, -0.25) is 0 Å². The molecule has 0 radical (unpaired) electrons. The fourth-order valence-electron chi connectivity index (χ4n) is 1.33. The lowest BCUT2D eigenvalue weighted by Gasteiger charge is -1.99. The summed E-state index contributed by atoms with van der Waals surface area (Å²) in [6.07, 6.45) is 2.81. The topological polar surface area (TPSA) is 80.9 Å². The zero-order valence-corrected chi connectivity index (χ0v) is 8.38. The van der Waals surface area contributed by atoms with Gasteiger partial charge in [-0.15, -0.1) is 0 Å². The van der Waals surface area contributed by atoms with E-state index in [2.05, 4.69) is 9.72 Å². The van der Waals surface area contributed by atoms with Crippen molar-refractivity contribution in [2.75, 3.05) is 7.11 Å². The Bertz CT molecular complexity index is 573. The number of carbonyl (C=O) groups is 2. The van der Waals surface area contributed by atoms with Crippen molar-refractivity contribution in [2.24, 2.45) is 0 Å². The molecule has 1 N–H and O–H groups in total. The van der Waals surface area contributed by atoms with E-state index in [-0.39, 0.29) is 5.69 Å². The van der Waals surface area contributed by atoms with Crippen LogP contribution in [-0.4, -0.2) is 33.5 Å². The normalized spacial score (nSPS) is 10.3. The molecule has 6 nitrogen and oxygen atoms in total. The van der Waals surface area contributed by atoms with E-state index in [1.165, 1.54) is 30.0 Å². The molecule has 2 aromatic heterocycles. The van der Waals surface area contributed by atoms with Gasteiger partial charge in [0, 0.05) is 12.4 Å². The van der Waals surface area contributed by atoms with Crippen molar-refractivity contribution in [3.8, 4) is 0 Å². The molecule has 0 spiro atoms. The molecule has 0 aliphatic carbocycles. The standard InChI is InChI=1S/C10H8N2O4/c1-16-10(15)6-2-3-8-11-7(9(13)14)5-12(8)4-6/h2-5H,1H3,(H,13,14). The van der Waals surface area contributed by atoms with Crippen molar-refractivity contribution in [3.63, 3.8) is 0 Å². The van der Waals surface area contributed by atoms with Gasteiger partial charge in [0.15, 0.2) is 5.69 Å². The van der Waals surface area contributed by atoms with Crippen LogP contribution < -0.4 is 0 Å². The number of imidazole rings is 1. The molecule has 0 aliphatic rings. The predicted molar refractivity (Wildman–Crippen MR) is 53.5 cm³/mol. The molecule has 2 aromatic rings. The zero-order valence-electron chi connectivity index (χ0n) is 8.38. The SMILES string of the molecule is COC(=O)c1ccc2nc(C(=O)O)cn2c1. The molecule has 6 heteroatoms. The Hall–Kier alpha value is -2.37. The first-order chi connectivity index (χ1) is 7.61. The summed E-state index contributed by atoms with van der Waals surface area (Å²) in [6, 6.07) is 3.08. The molecule has 2 rings (SSSR count). The van der Waals surface area contributed by atoms with Crippen LogP contribution in [0.3, 0.4) is 0 Å². The minimum Gasteiger partial charge on any atom is -0.476 e. The summed E-state index contributed by atoms with van der Waals surface area (Å²) >= 11 is 0. The maximum Gasteiger partial charge on any atom is 0.356 e. The van der Waals surface area contributed by atoms with E-state index in [0.717, 1.165) is 0 Å². The van der Waals surface area contributed by atoms with E-state index in [4.69, 9.17) is 5.11 Å². The third kappa shape index (κ3) is 1.60. The van der Waals surface area contributed by atoms with Crippen molar-refractivity contribution in [2.45, 2.75) is 0 Å². The van der Waals surface area contributed by atoms with Crippen molar-refractivity contribution in [3.05, 3.63) is 35.8 Å². The maximum atomic E-state index is 11.2. The van der Waals surface area contributed by atoms with Crippen LogP contribution in [0.5, 0.6) is 0 Å². The molecule has 0 saturated heterocycles. The van der Waals surface area contributed by atoms with Gasteiger partial charge in [0.05, 0.1) is 12.7 Å². The van der Waals surface area contributed by atoms with E-state index in [0.29, 0.717) is 11.2 Å². The smallest absolute Gasteiger partial charge is 0.356 e. The maximum absolute atomic E-state index is 11.2. The summed E-state index contributed by atoms with van der Waals surface area (Å²) in [7, 11) is 1.28. The summed E-state index contributed by atoms with van der Waals surface area (Å²) in [5.74, 6) is -1.59. The van der Waals surface area contributed by atoms with Crippen LogP contribution in [-0.2, 0) is 4.74 Å². The average molecular weight is 220 g/mol. The number of aromatic carboxylic acids is 1. The fraction of sp³-hybridized carbons (Fsp3) is 0.100. The number of pyridine rings is 1. The second-order valence-corrected chi connectivity index (χ2v) is 3.11. The number of carboxylic acids is 1. The van der Waals surface area contributed by atoms with Gasteiger partial charge in [-0.2, -0.15) is 0 Å². The van der Waals surface area contributed by atoms with Gasteiger partial charge >= 0.3 is 11.9 Å². The van der Waals surface area contributed by atoms with E-state index in [9.17, 15) is 9.59 Å². The number of nitrogens with zero attached hydrogens (tertiary/aromatic N) is 2. The number of rotatable bonds is 2. The first-order valence-corrected chi connectivity index (χ1v) is 4.42. The summed E-state index contributed by atoms with van der Waals surface area (Å²) in [4.78, 5) is 25.8. The third-order valence-corrected chi connectivity index (χ3v) is 2.09. The molecular formula is C10H8N2O4. The molecule has 0 aliphatic heterocycles. The molecule has 82 valence electrons. The van der Waals surface area contributed by atoms with Gasteiger partial charge in [-0.05, 0) is 12.1 Å². The van der Waals surface area contributed by atoms with Crippen molar-refractivity contribution in [1.82, 2.24) is 9.38 Å². The minimum atomic E-state index is -1.11. The van der Waals surface area contributed by atoms with Crippen LogP contribution in [0, 0.1) is 0 Å². The highest BCUT2D eigenvalue weighted by Crippen LogP contribution is 2.08. The highest BCUT2D eigenvalue weighted by atomic mass is 16.5. The molecule has 0 atom stereocenters.